The lowest BCUT2D eigenvalue weighted by molar-refractivity contribution is -0.118. The summed E-state index contributed by atoms with van der Waals surface area (Å²) in [6.45, 7) is 4.32. The van der Waals surface area contributed by atoms with Crippen LogP contribution >= 0.6 is 23.2 Å². The lowest BCUT2D eigenvalue weighted by atomic mass is 10.0. The van der Waals surface area contributed by atoms with Gasteiger partial charge in [0, 0.05) is 63.0 Å². The number of carbonyl (C=O) groups excluding carboxylic acids is 3. The third-order valence-corrected chi connectivity index (χ3v) is 8.43. The molecule has 1 aliphatic rings. The van der Waals surface area contributed by atoms with Crippen LogP contribution in [0.25, 0.3) is 11.1 Å². The maximum absolute atomic E-state index is 13.3. The molecule has 47 heavy (non-hydrogen) atoms. The number of halogens is 2. The van der Waals surface area contributed by atoms with Crippen LogP contribution in [0.5, 0.6) is 0 Å². The summed E-state index contributed by atoms with van der Waals surface area (Å²) in [6.07, 6.45) is 3.41. The summed E-state index contributed by atoms with van der Waals surface area (Å²) in [5.41, 5.74) is 4.16. The molecular formula is C33H36Cl2N8O4. The van der Waals surface area contributed by atoms with Crippen molar-refractivity contribution < 1.29 is 19.5 Å². The van der Waals surface area contributed by atoms with Crippen LogP contribution < -0.4 is 26.6 Å². The smallest absolute Gasteiger partial charge is 0.276 e. The van der Waals surface area contributed by atoms with E-state index in [1.807, 2.05) is 4.68 Å². The molecule has 1 aliphatic heterocycles. The van der Waals surface area contributed by atoms with Gasteiger partial charge < -0.3 is 31.7 Å². The molecular weight excluding hydrogens is 643 g/mol. The quantitative estimate of drug-likeness (QED) is 0.113. The number of amides is 3. The molecule has 4 aromatic rings. The standard InChI is InChI=1S/C33H36Cl2N8O4/c1-20(45)37-12-13-38-24-9-4-15-43-29(24)17-28(42-43)33(47)41-26-8-3-6-23(31(26)35)22-5-2-7-25(30(22)34)40-32(46)27-11-10-21(19-39-27)18-36-14-16-44/h2-3,5-8,10-11,17,19,24,36,38,44H,4,9,12-16,18H2,1H3,(H,37,45)(H,40,46)(H,41,47). The van der Waals surface area contributed by atoms with Crippen LogP contribution in [0, 0.1) is 0 Å². The minimum atomic E-state index is -0.432. The van der Waals surface area contributed by atoms with E-state index in [2.05, 4.69) is 36.7 Å². The SMILES string of the molecule is CC(=O)NCCNC1CCCn2nc(C(=O)Nc3cccc(-c4cccc(NC(=O)c5ccc(CNCCO)cn5)c4Cl)c3Cl)cc21. The Labute approximate surface area is 282 Å². The van der Waals surface area contributed by atoms with Crippen LogP contribution in [0.2, 0.25) is 10.0 Å². The Kier molecular flexibility index (Phi) is 11.6. The Bertz CT molecular complexity index is 1750. The Balaban J connectivity index is 1.28. The minimum Gasteiger partial charge on any atom is -0.395 e. The molecule has 14 heteroatoms. The summed E-state index contributed by atoms with van der Waals surface area (Å²) in [7, 11) is 0. The van der Waals surface area contributed by atoms with Gasteiger partial charge in [-0.1, -0.05) is 53.5 Å². The van der Waals surface area contributed by atoms with Gasteiger partial charge in [-0.2, -0.15) is 5.10 Å². The summed E-state index contributed by atoms with van der Waals surface area (Å²) in [5.74, 6) is -0.916. The van der Waals surface area contributed by atoms with E-state index in [-0.39, 0.29) is 40.0 Å². The highest BCUT2D eigenvalue weighted by Crippen LogP contribution is 2.40. The number of aromatic nitrogens is 3. The average molecular weight is 680 g/mol. The molecule has 12 nitrogen and oxygen atoms in total. The minimum absolute atomic E-state index is 0.0169. The second-order valence-corrected chi connectivity index (χ2v) is 11.8. The molecule has 1 unspecified atom stereocenters. The first kappa shape index (κ1) is 34.0. The van der Waals surface area contributed by atoms with Crippen molar-refractivity contribution in [2.45, 2.75) is 38.9 Å². The second kappa shape index (κ2) is 16.0. The number of aliphatic hydroxyl groups is 1. The summed E-state index contributed by atoms with van der Waals surface area (Å²) in [4.78, 5) is 41.7. The monoisotopic (exact) mass is 678 g/mol. The van der Waals surface area contributed by atoms with Gasteiger partial charge in [0.1, 0.15) is 5.69 Å². The van der Waals surface area contributed by atoms with Gasteiger partial charge in [-0.05, 0) is 42.7 Å². The van der Waals surface area contributed by atoms with Gasteiger partial charge in [0.15, 0.2) is 5.69 Å². The van der Waals surface area contributed by atoms with Crippen molar-refractivity contribution in [1.82, 2.24) is 30.7 Å². The molecule has 0 radical (unpaired) electrons. The number of nitrogens with one attached hydrogen (secondary N) is 5. The molecule has 3 heterocycles. The fraction of sp³-hybridized carbons (Fsp3) is 0.303. The molecule has 3 amide bonds. The van der Waals surface area contributed by atoms with Crippen LogP contribution in [0.3, 0.4) is 0 Å². The summed E-state index contributed by atoms with van der Waals surface area (Å²) < 4.78 is 1.84. The molecule has 6 N–H and O–H groups in total. The van der Waals surface area contributed by atoms with E-state index >= 15 is 0 Å². The fourth-order valence-electron chi connectivity index (χ4n) is 5.31. The van der Waals surface area contributed by atoms with Crippen molar-refractivity contribution >= 4 is 52.3 Å². The highest BCUT2D eigenvalue weighted by Gasteiger charge is 2.25. The average Bonchev–Trinajstić information content (AvgIpc) is 3.51. The van der Waals surface area contributed by atoms with Crippen molar-refractivity contribution in [1.29, 1.82) is 0 Å². The number of pyridine rings is 1. The number of rotatable bonds is 13. The van der Waals surface area contributed by atoms with E-state index in [4.69, 9.17) is 28.3 Å². The second-order valence-electron chi connectivity index (χ2n) is 11.0. The molecule has 0 spiro atoms. The van der Waals surface area contributed by atoms with Crippen LogP contribution in [0.4, 0.5) is 11.4 Å². The topological polar surface area (TPSA) is 162 Å². The van der Waals surface area contributed by atoms with Crippen molar-refractivity contribution in [3.63, 3.8) is 0 Å². The predicted octanol–water partition coefficient (Wildman–Crippen LogP) is 4.40. The number of nitrogens with zero attached hydrogens (tertiary/aromatic N) is 3. The molecule has 0 aliphatic carbocycles. The van der Waals surface area contributed by atoms with Gasteiger partial charge >= 0.3 is 0 Å². The number of benzene rings is 2. The summed E-state index contributed by atoms with van der Waals surface area (Å²) in [5, 5.41) is 29.0. The zero-order valence-electron chi connectivity index (χ0n) is 25.8. The number of aliphatic hydroxyl groups excluding tert-OH is 1. The number of carbonyl (C=O) groups is 3. The lowest BCUT2D eigenvalue weighted by Gasteiger charge is -2.24. The molecule has 2 aromatic heterocycles. The molecule has 5 rings (SSSR count). The Morgan fingerprint density at radius 2 is 1.60 bits per heavy atom. The number of hydrogen-bond donors (Lipinski definition) is 6. The van der Waals surface area contributed by atoms with Crippen LogP contribution in [-0.2, 0) is 17.9 Å². The molecule has 1 atom stereocenters. The first-order chi connectivity index (χ1) is 22.7. The zero-order valence-corrected chi connectivity index (χ0v) is 27.3. The first-order valence-corrected chi connectivity index (χ1v) is 16.0. The maximum atomic E-state index is 13.3. The highest BCUT2D eigenvalue weighted by molar-refractivity contribution is 6.40. The third-order valence-electron chi connectivity index (χ3n) is 7.61. The van der Waals surface area contributed by atoms with Crippen LogP contribution in [0.15, 0.2) is 60.8 Å². The van der Waals surface area contributed by atoms with E-state index in [0.29, 0.717) is 55.2 Å². The molecule has 2 aromatic carbocycles. The van der Waals surface area contributed by atoms with Crippen LogP contribution in [-0.4, -0.2) is 63.8 Å². The van der Waals surface area contributed by atoms with Gasteiger partial charge in [-0.25, -0.2) is 0 Å². The Morgan fingerprint density at radius 3 is 2.21 bits per heavy atom. The first-order valence-electron chi connectivity index (χ1n) is 15.3. The van der Waals surface area contributed by atoms with Gasteiger partial charge in [0.05, 0.1) is 33.7 Å². The molecule has 0 saturated carbocycles. The lowest BCUT2D eigenvalue weighted by Crippen LogP contribution is -2.34. The van der Waals surface area contributed by atoms with E-state index < -0.39 is 11.8 Å². The molecule has 0 fully saturated rings. The Morgan fingerprint density at radius 1 is 0.915 bits per heavy atom. The highest BCUT2D eigenvalue weighted by atomic mass is 35.5. The third kappa shape index (κ3) is 8.53. The number of fused-ring (bicyclic) bond motifs is 1. The summed E-state index contributed by atoms with van der Waals surface area (Å²) >= 11 is 13.6. The number of hydrogen-bond acceptors (Lipinski definition) is 8. The van der Waals surface area contributed by atoms with E-state index in [1.165, 1.54) is 6.92 Å². The van der Waals surface area contributed by atoms with Crippen molar-refractivity contribution in [3.05, 3.63) is 93.5 Å². The predicted molar refractivity (Wildman–Crippen MR) is 182 cm³/mol. The molecule has 246 valence electrons. The van der Waals surface area contributed by atoms with Gasteiger partial charge in [0.2, 0.25) is 5.91 Å². The van der Waals surface area contributed by atoms with Crippen molar-refractivity contribution in [2.75, 3.05) is 36.9 Å². The summed E-state index contributed by atoms with van der Waals surface area (Å²) in [6, 6.07) is 15.6. The van der Waals surface area contributed by atoms with Gasteiger partial charge in [-0.15, -0.1) is 0 Å². The van der Waals surface area contributed by atoms with E-state index in [0.717, 1.165) is 24.1 Å². The normalized spacial score (nSPS) is 13.9. The number of anilines is 2. The van der Waals surface area contributed by atoms with E-state index in [1.54, 1.807) is 60.8 Å². The molecule has 0 saturated heterocycles. The van der Waals surface area contributed by atoms with E-state index in [9.17, 15) is 14.4 Å². The molecule has 0 bridgehead atoms. The zero-order chi connectivity index (χ0) is 33.3. The van der Waals surface area contributed by atoms with Crippen LogP contribution in [0.1, 0.15) is 58.0 Å². The van der Waals surface area contributed by atoms with Crippen molar-refractivity contribution in [2.24, 2.45) is 0 Å². The fourth-order valence-corrected chi connectivity index (χ4v) is 5.86. The Hall–Kier alpha value is -4.33. The largest absolute Gasteiger partial charge is 0.395 e. The van der Waals surface area contributed by atoms with Gasteiger partial charge in [-0.3, -0.25) is 24.0 Å². The number of aryl methyl sites for hydroxylation is 1. The maximum Gasteiger partial charge on any atom is 0.276 e. The van der Waals surface area contributed by atoms with Gasteiger partial charge in [0.25, 0.3) is 11.8 Å². The van der Waals surface area contributed by atoms with Crippen molar-refractivity contribution in [3.8, 4) is 11.1 Å².